The van der Waals surface area contributed by atoms with E-state index in [1.54, 1.807) is 0 Å². The van der Waals surface area contributed by atoms with Crippen molar-refractivity contribution in [3.05, 3.63) is 27.4 Å². The number of aromatic nitrogens is 1. The van der Waals surface area contributed by atoms with E-state index in [9.17, 15) is 18.5 Å². The van der Waals surface area contributed by atoms with E-state index < -0.39 is 20.6 Å². The Bertz CT molecular complexity index is 516. The fourth-order valence-corrected chi connectivity index (χ4v) is 1.61. The summed E-state index contributed by atoms with van der Waals surface area (Å²) in [5, 5.41) is 10.6. The van der Waals surface area contributed by atoms with Gasteiger partial charge in [0.25, 0.3) is 0 Å². The molecule has 7 nitrogen and oxygen atoms in total. The molecule has 1 rings (SSSR count). The number of hydrogen-bond acceptors (Lipinski definition) is 5. The summed E-state index contributed by atoms with van der Waals surface area (Å²) < 4.78 is 24.5. The molecular formula is C7H8ClN3O4S. The molecule has 0 aromatic carbocycles. The van der Waals surface area contributed by atoms with Gasteiger partial charge in [-0.15, -0.1) is 0 Å². The van der Waals surface area contributed by atoms with E-state index in [-0.39, 0.29) is 16.7 Å². The van der Waals surface area contributed by atoms with Crippen molar-refractivity contribution in [1.29, 1.82) is 0 Å². The van der Waals surface area contributed by atoms with Gasteiger partial charge in [0.05, 0.1) is 10.7 Å². The Morgan fingerprint density at radius 3 is 2.69 bits per heavy atom. The topological polar surface area (TPSA) is 102 Å². The Hall–Kier alpha value is -1.41. The fraction of sp³-hybridized carbons (Fsp3) is 0.286. The van der Waals surface area contributed by atoms with Crippen molar-refractivity contribution < 1.29 is 13.3 Å². The van der Waals surface area contributed by atoms with Crippen molar-refractivity contribution in [3.63, 3.8) is 0 Å². The van der Waals surface area contributed by atoms with Crippen molar-refractivity contribution in [2.24, 2.45) is 0 Å². The minimum absolute atomic E-state index is 0.0283. The molecule has 0 saturated heterocycles. The molecule has 0 bridgehead atoms. The lowest BCUT2D eigenvalue weighted by molar-refractivity contribution is -0.384. The number of halogens is 1. The number of nitrogens with zero attached hydrogens (tertiary/aromatic N) is 2. The van der Waals surface area contributed by atoms with Gasteiger partial charge >= 0.3 is 5.69 Å². The summed E-state index contributed by atoms with van der Waals surface area (Å²) in [5.41, 5.74) is -0.443. The van der Waals surface area contributed by atoms with Gasteiger partial charge < -0.3 is 0 Å². The maximum atomic E-state index is 11.2. The Labute approximate surface area is 96.6 Å². The molecule has 88 valence electrons. The first-order valence-electron chi connectivity index (χ1n) is 4.17. The lowest BCUT2D eigenvalue weighted by Gasteiger charge is -2.05. The molecule has 0 amide bonds. The predicted molar refractivity (Wildman–Crippen MR) is 59.0 cm³/mol. The highest BCUT2D eigenvalue weighted by Crippen LogP contribution is 2.24. The average Bonchev–Trinajstić information content (AvgIpc) is 2.16. The molecule has 0 radical (unpaired) electrons. The molecule has 0 saturated carbocycles. The van der Waals surface area contributed by atoms with Crippen LogP contribution >= 0.6 is 11.6 Å². The molecule has 1 N–H and O–H groups in total. The van der Waals surface area contributed by atoms with Crippen molar-refractivity contribution in [3.8, 4) is 0 Å². The minimum atomic E-state index is -3.62. The van der Waals surface area contributed by atoms with E-state index >= 15 is 0 Å². The van der Waals surface area contributed by atoms with Crippen molar-refractivity contribution >= 4 is 33.1 Å². The summed E-state index contributed by atoms with van der Waals surface area (Å²) in [6.07, 6.45) is 0. The number of nitrogens with one attached hydrogen (secondary N) is 1. The number of sulfonamides is 1. The molecule has 0 fully saturated rings. The van der Waals surface area contributed by atoms with Gasteiger partial charge in [-0.3, -0.25) is 14.8 Å². The summed E-state index contributed by atoms with van der Waals surface area (Å²) in [7, 11) is -3.62. The van der Waals surface area contributed by atoms with E-state index in [1.165, 1.54) is 13.0 Å². The van der Waals surface area contributed by atoms with Crippen LogP contribution in [0.4, 0.5) is 11.5 Å². The Morgan fingerprint density at radius 2 is 2.19 bits per heavy atom. The second kappa shape index (κ2) is 4.62. The molecule has 1 heterocycles. The highest BCUT2D eigenvalue weighted by molar-refractivity contribution is 7.92. The van der Waals surface area contributed by atoms with Gasteiger partial charge in [0.2, 0.25) is 15.8 Å². The van der Waals surface area contributed by atoms with Crippen LogP contribution in [0.2, 0.25) is 5.15 Å². The second-order valence-corrected chi connectivity index (χ2v) is 5.16. The molecule has 16 heavy (non-hydrogen) atoms. The summed E-state index contributed by atoms with van der Waals surface area (Å²) in [5.74, 6) is -0.586. The van der Waals surface area contributed by atoms with Gasteiger partial charge in [0.1, 0.15) is 5.15 Å². The molecule has 0 aliphatic rings. The summed E-state index contributed by atoms with van der Waals surface area (Å²) >= 11 is 5.53. The van der Waals surface area contributed by atoms with E-state index in [2.05, 4.69) is 4.98 Å². The lowest BCUT2D eigenvalue weighted by atomic mass is 10.4. The monoisotopic (exact) mass is 265 g/mol. The van der Waals surface area contributed by atoms with Gasteiger partial charge in [-0.1, -0.05) is 11.6 Å². The molecule has 0 unspecified atom stereocenters. The molecule has 1 aromatic heterocycles. The van der Waals surface area contributed by atoms with E-state index in [1.807, 2.05) is 4.72 Å². The van der Waals surface area contributed by atoms with Gasteiger partial charge in [-0.25, -0.2) is 13.4 Å². The molecule has 0 spiro atoms. The largest absolute Gasteiger partial charge is 0.312 e. The average molecular weight is 266 g/mol. The molecular weight excluding hydrogens is 258 g/mol. The summed E-state index contributed by atoms with van der Waals surface area (Å²) in [6, 6.07) is 2.30. The van der Waals surface area contributed by atoms with Gasteiger partial charge in [-0.2, -0.15) is 0 Å². The van der Waals surface area contributed by atoms with Gasteiger partial charge in [-0.05, 0) is 13.0 Å². The Morgan fingerprint density at radius 1 is 1.56 bits per heavy atom. The number of rotatable bonds is 4. The quantitative estimate of drug-likeness (QED) is 0.504. The third-order valence-electron chi connectivity index (χ3n) is 1.67. The third-order valence-corrected chi connectivity index (χ3v) is 3.14. The highest BCUT2D eigenvalue weighted by atomic mass is 35.5. The van der Waals surface area contributed by atoms with Crippen LogP contribution in [0, 0.1) is 10.1 Å². The SMILES string of the molecule is CCS(=O)(=O)Nc1nc(Cl)ccc1[N+](=O)[O-]. The fourth-order valence-electron chi connectivity index (χ4n) is 0.870. The van der Waals surface area contributed by atoms with E-state index in [4.69, 9.17) is 11.6 Å². The first-order chi connectivity index (χ1) is 7.35. The van der Waals surface area contributed by atoms with Crippen LogP contribution in [0.1, 0.15) is 6.92 Å². The van der Waals surface area contributed by atoms with Crippen molar-refractivity contribution in [2.75, 3.05) is 10.5 Å². The first-order valence-corrected chi connectivity index (χ1v) is 6.20. The molecule has 9 heteroatoms. The molecule has 0 atom stereocenters. The molecule has 0 aliphatic heterocycles. The van der Waals surface area contributed by atoms with Crippen LogP contribution in [0.25, 0.3) is 0 Å². The van der Waals surface area contributed by atoms with Gasteiger partial charge in [0.15, 0.2) is 0 Å². The van der Waals surface area contributed by atoms with Crippen LogP contribution in [0.15, 0.2) is 12.1 Å². The van der Waals surface area contributed by atoms with E-state index in [0.717, 1.165) is 6.07 Å². The van der Waals surface area contributed by atoms with Crippen LogP contribution in [0.5, 0.6) is 0 Å². The lowest BCUT2D eigenvalue weighted by Crippen LogP contribution is -2.16. The number of pyridine rings is 1. The summed E-state index contributed by atoms with van der Waals surface area (Å²) in [4.78, 5) is 13.4. The standard InChI is InChI=1S/C7H8ClN3O4S/c1-2-16(14,15)10-7-5(11(12)13)3-4-6(8)9-7/h3-4H,2H2,1H3,(H,9,10). The second-order valence-electron chi connectivity index (χ2n) is 2.76. The maximum Gasteiger partial charge on any atom is 0.312 e. The minimum Gasteiger partial charge on any atom is -0.262 e. The normalized spacial score (nSPS) is 11.1. The van der Waals surface area contributed by atoms with E-state index in [0.29, 0.717) is 0 Å². The highest BCUT2D eigenvalue weighted by Gasteiger charge is 2.19. The Balaban J connectivity index is 3.21. The maximum absolute atomic E-state index is 11.2. The van der Waals surface area contributed by atoms with Crippen LogP contribution in [-0.2, 0) is 10.0 Å². The number of anilines is 1. The van der Waals surface area contributed by atoms with Crippen molar-refractivity contribution in [2.45, 2.75) is 6.92 Å². The first kappa shape index (κ1) is 12.7. The summed E-state index contributed by atoms with van der Waals surface area (Å²) in [6.45, 7) is 1.40. The zero-order valence-electron chi connectivity index (χ0n) is 8.18. The van der Waals surface area contributed by atoms with Crippen LogP contribution in [-0.4, -0.2) is 24.1 Å². The zero-order valence-corrected chi connectivity index (χ0v) is 9.75. The van der Waals surface area contributed by atoms with Gasteiger partial charge in [0, 0.05) is 6.07 Å². The Kier molecular flexibility index (Phi) is 3.66. The number of nitro groups is 1. The van der Waals surface area contributed by atoms with Crippen molar-refractivity contribution in [1.82, 2.24) is 4.98 Å². The third kappa shape index (κ3) is 3.04. The zero-order chi connectivity index (χ0) is 12.3. The van der Waals surface area contributed by atoms with Crippen LogP contribution in [0.3, 0.4) is 0 Å². The molecule has 0 aliphatic carbocycles. The van der Waals surface area contributed by atoms with Crippen LogP contribution < -0.4 is 4.72 Å². The predicted octanol–water partition coefficient (Wildman–Crippen LogP) is 1.40. The smallest absolute Gasteiger partial charge is 0.262 e. The molecule has 1 aromatic rings. The number of hydrogen-bond donors (Lipinski definition) is 1.